The Morgan fingerprint density at radius 3 is 0.793 bits per heavy atom. The van der Waals surface area contributed by atoms with Crippen molar-refractivity contribution < 1.29 is 33.7 Å². The van der Waals surface area contributed by atoms with E-state index in [0.717, 1.165) is 22.3 Å². The predicted octanol–water partition coefficient (Wildman–Crippen LogP) is 6.36. The molecule has 4 aromatic carbocycles. The lowest BCUT2D eigenvalue weighted by molar-refractivity contribution is 0.375. The summed E-state index contributed by atoms with van der Waals surface area (Å²) in [5.74, 6) is 0. The van der Waals surface area contributed by atoms with Gasteiger partial charge in [0.05, 0.1) is 19.6 Å². The summed E-state index contributed by atoms with van der Waals surface area (Å²) in [4.78, 5) is 0.478. The fourth-order valence-electron chi connectivity index (χ4n) is 6.18. The maximum Gasteiger partial charge on any atom is 0.243 e. The minimum absolute atomic E-state index is 0.00580. The van der Waals surface area contributed by atoms with Crippen molar-refractivity contribution in [2.24, 2.45) is 0 Å². The lowest BCUT2D eigenvalue weighted by Gasteiger charge is -2.25. The molecule has 0 aliphatic carbocycles. The van der Waals surface area contributed by atoms with Crippen LogP contribution in [-0.2, 0) is 40.1 Å². The fourth-order valence-corrected chi connectivity index (χ4v) is 12.0. The third kappa shape index (κ3) is 11.9. The molecule has 12 nitrogen and oxygen atoms in total. The molecule has 0 saturated heterocycles. The van der Waals surface area contributed by atoms with Crippen LogP contribution < -0.4 is 0 Å². The average molecular weight is 873 g/mol. The van der Waals surface area contributed by atoms with E-state index in [9.17, 15) is 33.7 Å². The van der Waals surface area contributed by atoms with Crippen LogP contribution in [0.3, 0.4) is 0 Å². The summed E-state index contributed by atoms with van der Waals surface area (Å²) in [5, 5.41) is 0. The van der Waals surface area contributed by atoms with Crippen LogP contribution in [0.15, 0.2) is 129 Å². The van der Waals surface area contributed by atoms with Gasteiger partial charge in [-0.25, -0.2) is 33.7 Å². The van der Waals surface area contributed by atoms with E-state index in [1.807, 2.05) is 27.7 Å². The van der Waals surface area contributed by atoms with Gasteiger partial charge in [0.25, 0.3) is 0 Å². The third-order valence-electron chi connectivity index (χ3n) is 9.76. The summed E-state index contributed by atoms with van der Waals surface area (Å²) in [7, 11) is -15.7. The van der Waals surface area contributed by atoms with E-state index < -0.39 is 40.1 Å². The molecule has 0 N–H and O–H groups in total. The van der Waals surface area contributed by atoms with Crippen LogP contribution in [0.5, 0.6) is 0 Å². The third-order valence-corrected chi connectivity index (χ3v) is 17.5. The number of aryl methyl sites for hydroxylation is 4. The summed E-state index contributed by atoms with van der Waals surface area (Å²) in [5.41, 5.74) is 3.62. The first-order valence-electron chi connectivity index (χ1n) is 19.3. The Labute approximate surface area is 347 Å². The highest BCUT2D eigenvalue weighted by Gasteiger charge is 2.28. The zero-order chi connectivity index (χ0) is 42.7. The Hall–Kier alpha value is -3.74. The molecule has 16 heteroatoms. The van der Waals surface area contributed by atoms with Gasteiger partial charge in [-0.1, -0.05) is 96.8 Å². The van der Waals surface area contributed by atoms with Crippen molar-refractivity contribution >= 4 is 40.1 Å². The Kier molecular flexibility index (Phi) is 16.6. The highest BCUT2D eigenvalue weighted by Crippen LogP contribution is 2.22. The minimum atomic E-state index is -4.04. The van der Waals surface area contributed by atoms with Gasteiger partial charge in [0.2, 0.25) is 40.1 Å². The molecule has 0 saturated carbocycles. The van der Waals surface area contributed by atoms with Crippen molar-refractivity contribution in [1.29, 1.82) is 0 Å². The first-order chi connectivity index (χ1) is 27.3. The van der Waals surface area contributed by atoms with E-state index >= 15 is 0 Å². The van der Waals surface area contributed by atoms with Gasteiger partial charge in [0.1, 0.15) is 0 Å². The molecule has 0 bridgehead atoms. The summed E-state index contributed by atoms with van der Waals surface area (Å²) in [6.07, 6.45) is 3.57. The number of hydrogen-bond acceptors (Lipinski definition) is 8. The molecule has 0 heterocycles. The van der Waals surface area contributed by atoms with E-state index in [-0.39, 0.29) is 84.8 Å². The monoisotopic (exact) mass is 872 g/mol. The molecule has 4 rings (SSSR count). The molecular formula is C42H56N4O8S4. The molecule has 58 heavy (non-hydrogen) atoms. The first kappa shape index (κ1) is 46.9. The summed E-state index contributed by atoms with van der Waals surface area (Å²) in [6.45, 7) is 11.2. The number of rotatable bonds is 22. The second kappa shape index (κ2) is 20.5. The highest BCUT2D eigenvalue weighted by atomic mass is 32.2. The molecule has 0 aliphatic heterocycles. The summed E-state index contributed by atoms with van der Waals surface area (Å²) >= 11 is 0. The molecule has 0 spiro atoms. The van der Waals surface area contributed by atoms with E-state index in [1.54, 1.807) is 98.8 Å². The zero-order valence-electron chi connectivity index (χ0n) is 34.2. The van der Waals surface area contributed by atoms with Gasteiger partial charge in [-0.2, -0.15) is 17.2 Å². The largest absolute Gasteiger partial charge is 0.243 e. The summed E-state index contributed by atoms with van der Waals surface area (Å²) < 4.78 is 115. The predicted molar refractivity (Wildman–Crippen MR) is 229 cm³/mol. The van der Waals surface area contributed by atoms with E-state index in [0.29, 0.717) is 0 Å². The van der Waals surface area contributed by atoms with Crippen molar-refractivity contribution in [2.45, 2.75) is 74.0 Å². The van der Waals surface area contributed by atoms with Crippen molar-refractivity contribution in [2.75, 3.05) is 52.4 Å². The van der Waals surface area contributed by atoms with Gasteiger partial charge in [0, 0.05) is 52.4 Å². The van der Waals surface area contributed by atoms with Crippen LogP contribution in [0.4, 0.5) is 0 Å². The molecule has 0 amide bonds. The Morgan fingerprint density at radius 2 is 0.569 bits per heavy atom. The lowest BCUT2D eigenvalue weighted by Crippen LogP contribution is -2.37. The Bertz CT molecular complexity index is 2250. The average Bonchev–Trinajstić information content (AvgIpc) is 3.18. The maximum atomic E-state index is 14.0. The van der Waals surface area contributed by atoms with Gasteiger partial charge in [-0.15, -0.1) is 0 Å². The van der Waals surface area contributed by atoms with Gasteiger partial charge in [0.15, 0.2) is 0 Å². The lowest BCUT2D eigenvalue weighted by atomic mass is 10.2. The van der Waals surface area contributed by atoms with Gasteiger partial charge in [-0.05, 0) is 89.1 Å². The van der Waals surface area contributed by atoms with Crippen LogP contribution in [0.2, 0.25) is 0 Å². The normalized spacial score (nSPS) is 13.1. The SMILES string of the molecule is CCN(CCCN(C/C=C/CN(CCCN(CC)S(=O)(=O)c1ccc(C)cc1)S(=O)(=O)c1ccc(C)cc1)S(=O)(=O)c1ccc(C)cc1)S(=O)(=O)c1ccc(C)cc1. The van der Waals surface area contributed by atoms with E-state index in [2.05, 4.69) is 0 Å². The van der Waals surface area contributed by atoms with Crippen molar-refractivity contribution in [3.63, 3.8) is 0 Å². The van der Waals surface area contributed by atoms with Crippen LogP contribution in [0.1, 0.15) is 48.9 Å². The maximum absolute atomic E-state index is 14.0. The summed E-state index contributed by atoms with van der Waals surface area (Å²) in [6, 6.07) is 26.0. The molecule has 316 valence electrons. The van der Waals surface area contributed by atoms with Gasteiger partial charge < -0.3 is 0 Å². The fraction of sp³-hybridized carbons (Fsp3) is 0.381. The zero-order valence-corrected chi connectivity index (χ0v) is 37.4. The highest BCUT2D eigenvalue weighted by molar-refractivity contribution is 7.90. The van der Waals surface area contributed by atoms with Crippen LogP contribution in [0, 0.1) is 27.7 Å². The Morgan fingerprint density at radius 1 is 0.362 bits per heavy atom. The van der Waals surface area contributed by atoms with Crippen molar-refractivity contribution in [3.8, 4) is 0 Å². The van der Waals surface area contributed by atoms with Gasteiger partial charge >= 0.3 is 0 Å². The standard InChI is InChI=1S/C42H56N4O8S4/c1-7-43(55(47,48)39-21-13-35(3)14-22-39)31-11-33-45(57(51,52)41-25-17-37(5)18-26-41)29-9-10-30-46(58(53,54)42-27-19-38(6)20-28-42)34-12-32-44(8-2)56(49,50)40-23-15-36(4)16-24-40/h9-10,13-28H,7-8,11-12,29-34H2,1-6H3/b10-9+. The molecule has 0 aromatic heterocycles. The van der Waals surface area contributed by atoms with E-state index in [4.69, 9.17) is 0 Å². The molecular weight excluding hydrogens is 817 g/mol. The number of sulfonamides is 4. The van der Waals surface area contributed by atoms with E-state index in [1.165, 1.54) is 41.5 Å². The smallest absolute Gasteiger partial charge is 0.207 e. The minimum Gasteiger partial charge on any atom is -0.207 e. The molecule has 0 unspecified atom stereocenters. The number of hydrogen-bond donors (Lipinski definition) is 0. The molecule has 0 aliphatic rings. The Balaban J connectivity index is 1.55. The second-order valence-corrected chi connectivity index (χ2v) is 21.9. The van der Waals surface area contributed by atoms with Crippen LogP contribution in [0.25, 0.3) is 0 Å². The van der Waals surface area contributed by atoms with Crippen LogP contribution in [-0.4, -0.2) is 103 Å². The molecule has 0 fully saturated rings. The molecule has 4 aromatic rings. The molecule has 0 atom stereocenters. The molecule has 0 radical (unpaired) electrons. The topological polar surface area (TPSA) is 150 Å². The first-order valence-corrected chi connectivity index (χ1v) is 25.0. The number of benzene rings is 4. The second-order valence-electron chi connectivity index (χ2n) is 14.2. The van der Waals surface area contributed by atoms with Gasteiger partial charge in [-0.3, -0.25) is 0 Å². The van der Waals surface area contributed by atoms with Crippen LogP contribution >= 0.6 is 0 Å². The quantitative estimate of drug-likeness (QED) is 0.0829. The number of nitrogens with zero attached hydrogens (tertiary/aromatic N) is 4. The van der Waals surface area contributed by atoms with Crippen molar-refractivity contribution in [1.82, 2.24) is 17.2 Å². The van der Waals surface area contributed by atoms with Crippen molar-refractivity contribution in [3.05, 3.63) is 131 Å².